The Morgan fingerprint density at radius 2 is 1.81 bits per heavy atom. The Labute approximate surface area is 185 Å². The molecule has 4 heterocycles. The van der Waals surface area contributed by atoms with Crippen molar-refractivity contribution in [2.45, 2.75) is 20.4 Å². The van der Waals surface area contributed by atoms with E-state index >= 15 is 0 Å². The van der Waals surface area contributed by atoms with E-state index < -0.39 is 0 Å². The molecular formula is C23H25N5O4. The second-order valence-electron chi connectivity index (χ2n) is 7.81. The van der Waals surface area contributed by atoms with Crippen LogP contribution in [0, 0.1) is 25.2 Å². The lowest BCUT2D eigenvalue weighted by molar-refractivity contribution is -0.117. The molecular weight excluding hydrogens is 410 g/mol. The van der Waals surface area contributed by atoms with E-state index in [-0.39, 0.29) is 18.4 Å². The minimum absolute atomic E-state index is 0.139. The molecule has 0 atom stereocenters. The summed E-state index contributed by atoms with van der Waals surface area (Å²) >= 11 is 0. The van der Waals surface area contributed by atoms with Gasteiger partial charge in [-0.25, -0.2) is 0 Å². The van der Waals surface area contributed by atoms with Crippen LogP contribution in [0.4, 0.5) is 5.82 Å². The molecule has 1 aliphatic rings. The summed E-state index contributed by atoms with van der Waals surface area (Å²) in [7, 11) is 0. The van der Waals surface area contributed by atoms with Crippen LogP contribution in [0.5, 0.6) is 0 Å². The first-order valence-electron chi connectivity index (χ1n) is 10.4. The highest BCUT2D eigenvalue weighted by Gasteiger charge is 2.26. The van der Waals surface area contributed by atoms with Gasteiger partial charge in [0.05, 0.1) is 31.2 Å². The van der Waals surface area contributed by atoms with Gasteiger partial charge in [-0.1, -0.05) is 0 Å². The molecule has 166 valence electrons. The number of aromatic nitrogens is 1. The average Bonchev–Trinajstić information content (AvgIpc) is 3.54. The van der Waals surface area contributed by atoms with E-state index in [0.29, 0.717) is 49.9 Å². The van der Waals surface area contributed by atoms with Crippen LogP contribution in [0.1, 0.15) is 33.1 Å². The molecule has 0 unspecified atom stereocenters. The van der Waals surface area contributed by atoms with Gasteiger partial charge in [0.2, 0.25) is 5.91 Å². The number of carbonyl (C=O) groups is 2. The number of nitrogens with one attached hydrogen (secondary N) is 1. The average molecular weight is 435 g/mol. The molecule has 3 aromatic rings. The maximum atomic E-state index is 12.8. The highest BCUT2D eigenvalue weighted by Crippen LogP contribution is 2.27. The third kappa shape index (κ3) is 4.31. The van der Waals surface area contributed by atoms with Crippen LogP contribution in [0.25, 0.3) is 0 Å². The van der Waals surface area contributed by atoms with Crippen molar-refractivity contribution in [3.8, 4) is 6.07 Å². The van der Waals surface area contributed by atoms with E-state index in [2.05, 4.69) is 11.4 Å². The Bertz CT molecular complexity index is 1130. The van der Waals surface area contributed by atoms with Gasteiger partial charge in [-0.15, -0.1) is 0 Å². The second-order valence-corrected chi connectivity index (χ2v) is 7.81. The smallest absolute Gasteiger partial charge is 0.289 e. The van der Waals surface area contributed by atoms with Crippen molar-refractivity contribution >= 4 is 17.6 Å². The SMILES string of the molecule is Cc1c(C#N)c(NC(=O)CN2CCN(C(=O)c3ccco3)CC2)n(Cc2ccco2)c1C. The summed E-state index contributed by atoms with van der Waals surface area (Å²) in [5.41, 5.74) is 2.19. The van der Waals surface area contributed by atoms with Crippen molar-refractivity contribution in [3.05, 3.63) is 65.1 Å². The monoisotopic (exact) mass is 435 g/mol. The molecule has 1 N–H and O–H groups in total. The number of hydrogen-bond donors (Lipinski definition) is 1. The lowest BCUT2D eigenvalue weighted by Crippen LogP contribution is -2.50. The van der Waals surface area contributed by atoms with Crippen molar-refractivity contribution in [1.82, 2.24) is 14.4 Å². The van der Waals surface area contributed by atoms with E-state index in [9.17, 15) is 14.9 Å². The number of furan rings is 2. The van der Waals surface area contributed by atoms with E-state index in [0.717, 1.165) is 17.0 Å². The third-order valence-electron chi connectivity index (χ3n) is 5.85. The number of hydrogen-bond acceptors (Lipinski definition) is 6. The molecule has 2 amide bonds. The zero-order chi connectivity index (χ0) is 22.7. The highest BCUT2D eigenvalue weighted by molar-refractivity contribution is 5.93. The van der Waals surface area contributed by atoms with Gasteiger partial charge in [0.1, 0.15) is 17.6 Å². The molecule has 3 aromatic heterocycles. The molecule has 32 heavy (non-hydrogen) atoms. The predicted molar refractivity (Wildman–Crippen MR) is 116 cm³/mol. The van der Waals surface area contributed by atoms with Crippen LogP contribution in [0.2, 0.25) is 0 Å². The fourth-order valence-corrected chi connectivity index (χ4v) is 3.93. The van der Waals surface area contributed by atoms with Gasteiger partial charge in [-0.05, 0) is 43.7 Å². The quantitative estimate of drug-likeness (QED) is 0.638. The second kappa shape index (κ2) is 9.16. The largest absolute Gasteiger partial charge is 0.467 e. The van der Waals surface area contributed by atoms with Gasteiger partial charge in [-0.2, -0.15) is 5.26 Å². The number of nitriles is 1. The molecule has 9 nitrogen and oxygen atoms in total. The molecule has 0 aromatic carbocycles. The van der Waals surface area contributed by atoms with E-state index in [1.165, 1.54) is 6.26 Å². The Hall–Kier alpha value is -3.77. The van der Waals surface area contributed by atoms with Gasteiger partial charge in [-0.3, -0.25) is 14.5 Å². The summed E-state index contributed by atoms with van der Waals surface area (Å²) in [4.78, 5) is 28.9. The topological polar surface area (TPSA) is 108 Å². The van der Waals surface area contributed by atoms with Crippen LogP contribution in [0.15, 0.2) is 45.6 Å². The molecule has 1 fully saturated rings. The molecule has 1 saturated heterocycles. The minimum Gasteiger partial charge on any atom is -0.467 e. The maximum Gasteiger partial charge on any atom is 0.289 e. The molecule has 9 heteroatoms. The van der Waals surface area contributed by atoms with Crippen LogP contribution >= 0.6 is 0 Å². The van der Waals surface area contributed by atoms with Crippen molar-refractivity contribution in [2.24, 2.45) is 0 Å². The number of rotatable bonds is 6. The molecule has 0 bridgehead atoms. The number of piperazine rings is 1. The van der Waals surface area contributed by atoms with Crippen molar-refractivity contribution in [1.29, 1.82) is 5.26 Å². The van der Waals surface area contributed by atoms with Gasteiger partial charge in [0, 0.05) is 31.9 Å². The normalized spacial score (nSPS) is 14.3. The maximum absolute atomic E-state index is 12.8. The van der Waals surface area contributed by atoms with Crippen LogP contribution < -0.4 is 5.32 Å². The standard InChI is InChI=1S/C23H25N5O4/c1-16-17(2)28(14-18-5-3-11-31-18)22(19(16)13-24)25-21(29)15-26-7-9-27(10-8-26)23(30)20-6-4-12-32-20/h3-6,11-12H,7-10,14-15H2,1-2H3,(H,25,29). The van der Waals surface area contributed by atoms with Crippen molar-refractivity contribution in [3.63, 3.8) is 0 Å². The molecule has 0 spiro atoms. The first-order chi connectivity index (χ1) is 15.5. The van der Waals surface area contributed by atoms with E-state index in [1.54, 1.807) is 29.4 Å². The molecule has 0 saturated carbocycles. The van der Waals surface area contributed by atoms with E-state index in [1.807, 2.05) is 29.4 Å². The Morgan fingerprint density at radius 1 is 1.09 bits per heavy atom. The van der Waals surface area contributed by atoms with Crippen molar-refractivity contribution < 1.29 is 18.4 Å². The fraction of sp³-hybridized carbons (Fsp3) is 0.348. The highest BCUT2D eigenvalue weighted by atomic mass is 16.3. The lowest BCUT2D eigenvalue weighted by atomic mass is 10.2. The Kier molecular flexibility index (Phi) is 6.14. The van der Waals surface area contributed by atoms with Gasteiger partial charge in [0.25, 0.3) is 5.91 Å². The Balaban J connectivity index is 1.40. The molecule has 0 aliphatic carbocycles. The molecule has 0 radical (unpaired) electrons. The van der Waals surface area contributed by atoms with E-state index in [4.69, 9.17) is 8.83 Å². The predicted octanol–water partition coefficient (Wildman–Crippen LogP) is 2.61. The third-order valence-corrected chi connectivity index (χ3v) is 5.85. The summed E-state index contributed by atoms with van der Waals surface area (Å²) in [5.74, 6) is 1.20. The van der Waals surface area contributed by atoms with Crippen LogP contribution in [-0.4, -0.2) is 58.9 Å². The van der Waals surface area contributed by atoms with Crippen molar-refractivity contribution in [2.75, 3.05) is 38.0 Å². The fourth-order valence-electron chi connectivity index (χ4n) is 3.93. The van der Waals surface area contributed by atoms with Gasteiger partial charge >= 0.3 is 0 Å². The number of nitrogens with zero attached hydrogens (tertiary/aromatic N) is 4. The zero-order valence-corrected chi connectivity index (χ0v) is 18.1. The first-order valence-corrected chi connectivity index (χ1v) is 10.4. The first kappa shape index (κ1) is 21.5. The summed E-state index contributed by atoms with van der Waals surface area (Å²) in [6.07, 6.45) is 3.08. The zero-order valence-electron chi connectivity index (χ0n) is 18.1. The number of amides is 2. The summed E-state index contributed by atoms with van der Waals surface area (Å²) in [6.45, 7) is 6.59. The minimum atomic E-state index is -0.203. The molecule has 4 rings (SSSR count). The lowest BCUT2D eigenvalue weighted by Gasteiger charge is -2.33. The number of anilines is 1. The summed E-state index contributed by atoms with van der Waals surface area (Å²) < 4.78 is 12.5. The summed E-state index contributed by atoms with van der Waals surface area (Å²) in [6, 6.07) is 9.21. The van der Waals surface area contributed by atoms with Gasteiger partial charge < -0.3 is 23.6 Å². The van der Waals surface area contributed by atoms with Crippen LogP contribution in [0.3, 0.4) is 0 Å². The number of carbonyl (C=O) groups excluding carboxylic acids is 2. The summed E-state index contributed by atoms with van der Waals surface area (Å²) in [5, 5.41) is 12.6. The Morgan fingerprint density at radius 3 is 2.44 bits per heavy atom. The van der Waals surface area contributed by atoms with Gasteiger partial charge in [0.15, 0.2) is 5.76 Å². The van der Waals surface area contributed by atoms with Crippen LogP contribution in [-0.2, 0) is 11.3 Å². The molecule has 1 aliphatic heterocycles.